The zero-order valence-corrected chi connectivity index (χ0v) is 12.0. The molecular formula is C14H24F3NO2. The molecule has 118 valence electrons. The highest BCUT2D eigenvalue weighted by Gasteiger charge is 2.53. The second kappa shape index (κ2) is 6.62. The van der Waals surface area contributed by atoms with E-state index in [1.165, 1.54) is 6.42 Å². The number of ether oxygens (including phenoxy) is 2. The van der Waals surface area contributed by atoms with Gasteiger partial charge in [0.2, 0.25) is 0 Å². The summed E-state index contributed by atoms with van der Waals surface area (Å²) in [6.45, 7) is 1.38. The van der Waals surface area contributed by atoms with Gasteiger partial charge in [-0.15, -0.1) is 0 Å². The van der Waals surface area contributed by atoms with Crippen LogP contribution in [-0.4, -0.2) is 46.2 Å². The summed E-state index contributed by atoms with van der Waals surface area (Å²) in [5, 5.41) is 3.36. The van der Waals surface area contributed by atoms with Crippen LogP contribution in [0.1, 0.15) is 25.7 Å². The molecule has 0 aromatic rings. The third-order valence-corrected chi connectivity index (χ3v) is 4.48. The summed E-state index contributed by atoms with van der Waals surface area (Å²) >= 11 is 0. The molecule has 0 spiro atoms. The Kier molecular flexibility index (Phi) is 5.31. The monoisotopic (exact) mass is 295 g/mol. The molecule has 0 aromatic carbocycles. The number of alkyl halides is 3. The van der Waals surface area contributed by atoms with E-state index >= 15 is 0 Å². The highest BCUT2D eigenvalue weighted by atomic mass is 19.4. The minimum Gasteiger partial charge on any atom is -0.383 e. The highest BCUT2D eigenvalue weighted by Crippen LogP contribution is 2.60. The minimum atomic E-state index is -4.22. The van der Waals surface area contributed by atoms with Crippen LogP contribution in [0.4, 0.5) is 13.2 Å². The van der Waals surface area contributed by atoms with Crippen LogP contribution in [-0.2, 0) is 9.47 Å². The molecule has 2 rings (SSSR count). The van der Waals surface area contributed by atoms with Gasteiger partial charge in [0.15, 0.2) is 0 Å². The summed E-state index contributed by atoms with van der Waals surface area (Å²) in [6.07, 6.45) is 0.0705. The van der Waals surface area contributed by atoms with Crippen LogP contribution >= 0.6 is 0 Å². The van der Waals surface area contributed by atoms with Crippen LogP contribution in [0.3, 0.4) is 0 Å². The molecule has 0 saturated heterocycles. The molecule has 0 bridgehead atoms. The van der Waals surface area contributed by atoms with E-state index in [9.17, 15) is 13.2 Å². The van der Waals surface area contributed by atoms with Gasteiger partial charge in [0, 0.05) is 26.8 Å². The molecule has 2 atom stereocenters. The van der Waals surface area contributed by atoms with E-state index in [1.807, 2.05) is 0 Å². The fourth-order valence-corrected chi connectivity index (χ4v) is 3.45. The van der Waals surface area contributed by atoms with Gasteiger partial charge in [-0.3, -0.25) is 0 Å². The molecule has 0 heterocycles. The average Bonchev–Trinajstić information content (AvgIpc) is 2.98. The zero-order chi connectivity index (χ0) is 14.6. The molecule has 2 aliphatic rings. The van der Waals surface area contributed by atoms with Gasteiger partial charge in [-0.25, -0.2) is 0 Å². The number of halogens is 3. The van der Waals surface area contributed by atoms with Gasteiger partial charge in [-0.05, 0) is 42.9 Å². The summed E-state index contributed by atoms with van der Waals surface area (Å²) in [5.41, 5.74) is 0.132. The van der Waals surface area contributed by atoms with Crippen LogP contribution in [0.2, 0.25) is 0 Å². The van der Waals surface area contributed by atoms with Crippen molar-refractivity contribution in [2.24, 2.45) is 17.3 Å². The maximum Gasteiger partial charge on any atom is 0.411 e. The van der Waals surface area contributed by atoms with Gasteiger partial charge in [0.05, 0.1) is 6.61 Å². The molecule has 0 radical (unpaired) electrons. The van der Waals surface area contributed by atoms with Gasteiger partial charge in [0.25, 0.3) is 0 Å². The number of rotatable bonds is 9. The Labute approximate surface area is 118 Å². The predicted molar refractivity (Wildman–Crippen MR) is 69.5 cm³/mol. The Morgan fingerprint density at radius 3 is 2.50 bits per heavy atom. The SMILES string of the molecule is COCCNCC1(CCOCC(F)(F)F)CC2CC2C1. The van der Waals surface area contributed by atoms with Crippen molar-refractivity contribution < 1.29 is 22.6 Å². The van der Waals surface area contributed by atoms with Crippen molar-refractivity contribution in [3.05, 3.63) is 0 Å². The van der Waals surface area contributed by atoms with Gasteiger partial charge in [-0.2, -0.15) is 13.2 Å². The van der Waals surface area contributed by atoms with Crippen molar-refractivity contribution in [2.75, 3.05) is 40.0 Å². The Hall–Kier alpha value is -0.330. The van der Waals surface area contributed by atoms with E-state index in [1.54, 1.807) is 7.11 Å². The maximum absolute atomic E-state index is 12.1. The Morgan fingerprint density at radius 2 is 1.90 bits per heavy atom. The zero-order valence-electron chi connectivity index (χ0n) is 12.0. The van der Waals surface area contributed by atoms with Crippen LogP contribution in [0.5, 0.6) is 0 Å². The molecule has 0 aliphatic heterocycles. The summed E-state index contributed by atoms with van der Waals surface area (Å²) < 4.78 is 45.9. The number of hydrogen-bond acceptors (Lipinski definition) is 3. The third-order valence-electron chi connectivity index (χ3n) is 4.48. The standard InChI is InChI=1S/C14H24F3NO2/c1-19-5-3-18-9-13(7-11-6-12(11)8-13)2-4-20-10-14(15,16)17/h11-12,18H,2-10H2,1H3. The molecule has 0 amide bonds. The summed E-state index contributed by atoms with van der Waals surface area (Å²) in [7, 11) is 1.66. The fraction of sp³-hybridized carbons (Fsp3) is 1.00. The largest absolute Gasteiger partial charge is 0.411 e. The maximum atomic E-state index is 12.1. The molecule has 1 N–H and O–H groups in total. The lowest BCUT2D eigenvalue weighted by molar-refractivity contribution is -0.175. The molecule has 20 heavy (non-hydrogen) atoms. The Bertz CT molecular complexity index is 299. The second-order valence-electron chi connectivity index (χ2n) is 6.25. The van der Waals surface area contributed by atoms with Crippen molar-refractivity contribution in [3.8, 4) is 0 Å². The second-order valence-corrected chi connectivity index (χ2v) is 6.25. The third kappa shape index (κ3) is 4.90. The number of methoxy groups -OCH3 is 1. The molecule has 3 nitrogen and oxygen atoms in total. The topological polar surface area (TPSA) is 30.5 Å². The van der Waals surface area contributed by atoms with E-state index in [4.69, 9.17) is 9.47 Å². The molecule has 2 saturated carbocycles. The van der Waals surface area contributed by atoms with Crippen LogP contribution in [0.25, 0.3) is 0 Å². The lowest BCUT2D eigenvalue weighted by Gasteiger charge is -2.31. The predicted octanol–water partition coefficient (Wildman–Crippen LogP) is 2.61. The molecule has 2 fully saturated rings. The summed E-state index contributed by atoms with van der Waals surface area (Å²) in [5.74, 6) is 1.61. The van der Waals surface area contributed by atoms with Crippen molar-refractivity contribution in [1.82, 2.24) is 5.32 Å². The van der Waals surface area contributed by atoms with Gasteiger partial charge in [0.1, 0.15) is 6.61 Å². The summed E-state index contributed by atoms with van der Waals surface area (Å²) in [4.78, 5) is 0. The fourth-order valence-electron chi connectivity index (χ4n) is 3.45. The van der Waals surface area contributed by atoms with Crippen LogP contribution in [0, 0.1) is 17.3 Å². The van der Waals surface area contributed by atoms with E-state index in [0.29, 0.717) is 6.61 Å². The van der Waals surface area contributed by atoms with Crippen molar-refractivity contribution in [2.45, 2.75) is 31.9 Å². The minimum absolute atomic E-state index is 0.132. The van der Waals surface area contributed by atoms with Gasteiger partial charge >= 0.3 is 6.18 Å². The normalized spacial score (nSPS) is 32.4. The molecule has 0 aromatic heterocycles. The first kappa shape index (κ1) is 16.0. The molecule has 6 heteroatoms. The van der Waals surface area contributed by atoms with Crippen molar-refractivity contribution in [3.63, 3.8) is 0 Å². The van der Waals surface area contributed by atoms with Crippen LogP contribution < -0.4 is 5.32 Å². The molecular weight excluding hydrogens is 271 g/mol. The highest BCUT2D eigenvalue weighted by molar-refractivity contribution is 5.04. The first-order valence-electron chi connectivity index (χ1n) is 7.28. The Balaban J connectivity index is 1.70. The van der Waals surface area contributed by atoms with Gasteiger partial charge < -0.3 is 14.8 Å². The van der Waals surface area contributed by atoms with Gasteiger partial charge in [-0.1, -0.05) is 0 Å². The smallest absolute Gasteiger partial charge is 0.383 e. The lowest BCUT2D eigenvalue weighted by atomic mass is 9.80. The van der Waals surface area contributed by atoms with Crippen molar-refractivity contribution in [1.29, 1.82) is 0 Å². The van der Waals surface area contributed by atoms with E-state index < -0.39 is 12.8 Å². The first-order valence-corrected chi connectivity index (χ1v) is 7.28. The first-order chi connectivity index (χ1) is 9.44. The Morgan fingerprint density at radius 1 is 1.20 bits per heavy atom. The van der Waals surface area contributed by atoms with Crippen LogP contribution in [0.15, 0.2) is 0 Å². The number of fused-ring (bicyclic) bond motifs is 1. The quantitative estimate of drug-likeness (QED) is 0.663. The van der Waals surface area contributed by atoms with E-state index in [-0.39, 0.29) is 12.0 Å². The lowest BCUT2D eigenvalue weighted by Crippen LogP contribution is -2.36. The van der Waals surface area contributed by atoms with Crippen molar-refractivity contribution >= 4 is 0 Å². The number of nitrogens with one attached hydrogen (secondary N) is 1. The van der Waals surface area contributed by atoms with E-state index in [2.05, 4.69) is 5.32 Å². The average molecular weight is 295 g/mol. The summed E-state index contributed by atoms with van der Waals surface area (Å²) in [6, 6.07) is 0. The van der Waals surface area contributed by atoms with E-state index in [0.717, 1.165) is 44.2 Å². The molecule has 2 aliphatic carbocycles. The number of hydrogen-bond donors (Lipinski definition) is 1. The molecule has 2 unspecified atom stereocenters.